The molecule has 0 spiro atoms. The van der Waals surface area contributed by atoms with E-state index in [0.29, 0.717) is 5.39 Å². The lowest BCUT2D eigenvalue weighted by atomic mass is 10.2. The number of H-pyrrole nitrogens is 1. The summed E-state index contributed by atoms with van der Waals surface area (Å²) < 4.78 is 62.5. The molecule has 0 atom stereocenters. The van der Waals surface area contributed by atoms with Crippen molar-refractivity contribution >= 4 is 21.0 Å². The number of rotatable bonds is 2. The van der Waals surface area contributed by atoms with E-state index in [0.717, 1.165) is 12.1 Å². The Balaban J connectivity index is 2.59. The predicted molar refractivity (Wildman–Crippen MR) is 60.2 cm³/mol. The standard InChI is InChI=1S/C10H6F3NO4S/c11-10(12,13)19(16,17)18-7-3-1-2-6-4-5-8(15)14-9(6)7/h1-5H,(H,14,15). The van der Waals surface area contributed by atoms with Crippen LogP contribution in [0.2, 0.25) is 0 Å². The molecule has 1 aromatic carbocycles. The molecule has 0 bridgehead atoms. The summed E-state index contributed by atoms with van der Waals surface area (Å²) in [4.78, 5) is 13.3. The minimum Gasteiger partial charge on any atom is -0.374 e. The van der Waals surface area contributed by atoms with Crippen LogP contribution in [-0.4, -0.2) is 18.9 Å². The molecule has 9 heteroatoms. The van der Waals surface area contributed by atoms with Crippen LogP contribution in [0, 0.1) is 0 Å². The molecule has 0 radical (unpaired) electrons. The molecule has 0 amide bonds. The smallest absolute Gasteiger partial charge is 0.374 e. The van der Waals surface area contributed by atoms with Crippen LogP contribution < -0.4 is 9.74 Å². The van der Waals surface area contributed by atoms with Gasteiger partial charge in [0.25, 0.3) is 0 Å². The van der Waals surface area contributed by atoms with Crippen molar-refractivity contribution < 1.29 is 25.8 Å². The van der Waals surface area contributed by atoms with Gasteiger partial charge in [-0.05, 0) is 12.1 Å². The number of halogens is 3. The van der Waals surface area contributed by atoms with E-state index >= 15 is 0 Å². The Hall–Kier alpha value is -2.03. The number of aromatic nitrogens is 1. The molecule has 0 saturated heterocycles. The number of hydrogen-bond donors (Lipinski definition) is 1. The Morgan fingerprint density at radius 3 is 2.42 bits per heavy atom. The van der Waals surface area contributed by atoms with Crippen LogP contribution in [0.1, 0.15) is 0 Å². The first kappa shape index (κ1) is 13.4. The topological polar surface area (TPSA) is 76.2 Å². The summed E-state index contributed by atoms with van der Waals surface area (Å²) in [5.74, 6) is -0.590. The zero-order valence-corrected chi connectivity index (χ0v) is 9.88. The van der Waals surface area contributed by atoms with Gasteiger partial charge in [-0.1, -0.05) is 12.1 Å². The minimum absolute atomic E-state index is 0.122. The summed E-state index contributed by atoms with van der Waals surface area (Å²) in [6.07, 6.45) is 0. The Bertz CT molecular complexity index is 779. The Labute approximate surface area is 104 Å². The molecule has 0 aliphatic rings. The first-order chi connectivity index (χ1) is 8.71. The summed E-state index contributed by atoms with van der Waals surface area (Å²) in [5, 5.41) is 0.342. The summed E-state index contributed by atoms with van der Waals surface area (Å²) in [5.41, 5.74) is -6.25. The summed E-state index contributed by atoms with van der Waals surface area (Å²) in [6, 6.07) is 6.30. The highest BCUT2D eigenvalue weighted by Crippen LogP contribution is 2.30. The number of alkyl halides is 3. The van der Waals surface area contributed by atoms with Crippen molar-refractivity contribution in [3.8, 4) is 5.75 Å². The number of aromatic amines is 1. The van der Waals surface area contributed by atoms with Crippen molar-refractivity contribution in [2.45, 2.75) is 5.51 Å². The van der Waals surface area contributed by atoms with Gasteiger partial charge in [-0.15, -0.1) is 0 Å². The molecule has 5 nitrogen and oxygen atoms in total. The maximum absolute atomic E-state index is 12.2. The summed E-state index contributed by atoms with van der Waals surface area (Å²) >= 11 is 0. The maximum atomic E-state index is 12.2. The van der Waals surface area contributed by atoms with Crippen LogP contribution >= 0.6 is 0 Å². The average molecular weight is 293 g/mol. The van der Waals surface area contributed by atoms with Gasteiger partial charge in [0.05, 0.1) is 5.52 Å². The molecule has 102 valence electrons. The number of para-hydroxylation sites is 1. The van der Waals surface area contributed by atoms with Gasteiger partial charge in [-0.25, -0.2) is 0 Å². The van der Waals surface area contributed by atoms with E-state index in [-0.39, 0.29) is 5.52 Å². The van der Waals surface area contributed by atoms with Gasteiger partial charge in [0.15, 0.2) is 5.75 Å². The molecular weight excluding hydrogens is 287 g/mol. The van der Waals surface area contributed by atoms with Crippen molar-refractivity contribution in [3.05, 3.63) is 40.7 Å². The molecule has 0 aliphatic heterocycles. The van der Waals surface area contributed by atoms with Crippen molar-refractivity contribution in [3.63, 3.8) is 0 Å². The molecule has 0 unspecified atom stereocenters. The van der Waals surface area contributed by atoms with Crippen LogP contribution in [0.25, 0.3) is 10.9 Å². The molecule has 1 aromatic heterocycles. The largest absolute Gasteiger partial charge is 0.534 e. The summed E-state index contributed by atoms with van der Waals surface area (Å²) in [7, 11) is -5.78. The van der Waals surface area contributed by atoms with Crippen LogP contribution in [0.4, 0.5) is 13.2 Å². The second kappa shape index (κ2) is 4.26. The van der Waals surface area contributed by atoms with Crippen LogP contribution in [0.3, 0.4) is 0 Å². The molecule has 0 saturated carbocycles. The molecule has 19 heavy (non-hydrogen) atoms. The van der Waals surface area contributed by atoms with E-state index < -0.39 is 26.9 Å². The van der Waals surface area contributed by atoms with Crippen molar-refractivity contribution in [1.82, 2.24) is 4.98 Å². The van der Waals surface area contributed by atoms with Crippen LogP contribution in [-0.2, 0) is 10.1 Å². The monoisotopic (exact) mass is 293 g/mol. The van der Waals surface area contributed by atoms with E-state index in [1.807, 2.05) is 0 Å². The van der Waals surface area contributed by atoms with E-state index in [1.54, 1.807) is 0 Å². The van der Waals surface area contributed by atoms with E-state index in [2.05, 4.69) is 9.17 Å². The first-order valence-electron chi connectivity index (χ1n) is 4.83. The highest BCUT2D eigenvalue weighted by molar-refractivity contribution is 7.88. The fraction of sp³-hybridized carbons (Fsp3) is 0.100. The third-order valence-electron chi connectivity index (χ3n) is 2.20. The highest BCUT2D eigenvalue weighted by atomic mass is 32.2. The van der Waals surface area contributed by atoms with Crippen LogP contribution in [0.15, 0.2) is 35.1 Å². The predicted octanol–water partition coefficient (Wildman–Crippen LogP) is 1.76. The third kappa shape index (κ3) is 2.55. The van der Waals surface area contributed by atoms with Crippen molar-refractivity contribution in [2.75, 3.05) is 0 Å². The lowest BCUT2D eigenvalue weighted by Gasteiger charge is -2.10. The lowest BCUT2D eigenvalue weighted by molar-refractivity contribution is -0.0499. The molecule has 2 rings (SSSR count). The zero-order valence-electron chi connectivity index (χ0n) is 9.06. The van der Waals surface area contributed by atoms with Gasteiger partial charge < -0.3 is 9.17 Å². The average Bonchev–Trinajstić information content (AvgIpc) is 2.28. The number of hydrogen-bond acceptors (Lipinski definition) is 4. The number of benzene rings is 1. The van der Waals surface area contributed by atoms with Gasteiger partial charge in [0.2, 0.25) is 5.56 Å². The zero-order chi connectivity index (χ0) is 14.3. The number of pyridine rings is 1. The van der Waals surface area contributed by atoms with E-state index in [4.69, 9.17) is 0 Å². The van der Waals surface area contributed by atoms with Gasteiger partial charge in [0, 0.05) is 11.5 Å². The van der Waals surface area contributed by atoms with Crippen LogP contribution in [0.5, 0.6) is 5.75 Å². The fourth-order valence-electron chi connectivity index (χ4n) is 1.39. The summed E-state index contributed by atoms with van der Waals surface area (Å²) in [6.45, 7) is 0. The second-order valence-corrected chi connectivity index (χ2v) is 5.06. The second-order valence-electron chi connectivity index (χ2n) is 3.53. The first-order valence-corrected chi connectivity index (χ1v) is 6.24. The molecule has 1 heterocycles. The Kier molecular flexibility index (Phi) is 3.01. The van der Waals surface area contributed by atoms with Gasteiger partial charge in [-0.3, -0.25) is 4.79 Å². The SMILES string of the molecule is O=c1ccc2cccc(OS(=O)(=O)C(F)(F)F)c2[nH]1. The molecule has 1 N–H and O–H groups in total. The minimum atomic E-state index is -5.78. The normalized spacial score (nSPS) is 12.6. The highest BCUT2D eigenvalue weighted by Gasteiger charge is 2.48. The van der Waals surface area contributed by atoms with E-state index in [1.165, 1.54) is 18.2 Å². The maximum Gasteiger partial charge on any atom is 0.534 e. The lowest BCUT2D eigenvalue weighted by Crippen LogP contribution is -2.28. The Morgan fingerprint density at radius 1 is 1.11 bits per heavy atom. The fourth-order valence-corrected chi connectivity index (χ4v) is 1.86. The third-order valence-corrected chi connectivity index (χ3v) is 3.17. The quantitative estimate of drug-likeness (QED) is 0.676. The number of fused-ring (bicyclic) bond motifs is 1. The van der Waals surface area contributed by atoms with Gasteiger partial charge in [0.1, 0.15) is 0 Å². The van der Waals surface area contributed by atoms with Crippen molar-refractivity contribution in [2.24, 2.45) is 0 Å². The molecule has 0 aliphatic carbocycles. The Morgan fingerprint density at radius 2 is 1.79 bits per heavy atom. The molecule has 2 aromatic rings. The molecule has 0 fully saturated rings. The van der Waals surface area contributed by atoms with Crippen molar-refractivity contribution in [1.29, 1.82) is 0 Å². The molecular formula is C10H6F3NO4S. The van der Waals surface area contributed by atoms with E-state index in [9.17, 15) is 26.4 Å². The van der Waals surface area contributed by atoms with Gasteiger partial charge in [-0.2, -0.15) is 21.6 Å². The van der Waals surface area contributed by atoms with Gasteiger partial charge >= 0.3 is 15.6 Å². The number of nitrogens with one attached hydrogen (secondary N) is 1.